The van der Waals surface area contributed by atoms with Gasteiger partial charge in [0.1, 0.15) is 5.75 Å². The van der Waals surface area contributed by atoms with Gasteiger partial charge in [-0.05, 0) is 50.1 Å². The SMILES string of the molecule is CCOc1ncccc1CNC(=O)CCCOc1ccc(Cl)c(C)c1. The van der Waals surface area contributed by atoms with Crippen LogP contribution in [-0.2, 0) is 11.3 Å². The predicted molar refractivity (Wildman–Crippen MR) is 98.2 cm³/mol. The molecule has 0 spiro atoms. The second-order valence-electron chi connectivity index (χ2n) is 5.54. The van der Waals surface area contributed by atoms with Crippen LogP contribution in [0.5, 0.6) is 11.6 Å². The van der Waals surface area contributed by atoms with Crippen molar-refractivity contribution < 1.29 is 14.3 Å². The van der Waals surface area contributed by atoms with Crippen molar-refractivity contribution in [2.75, 3.05) is 13.2 Å². The van der Waals surface area contributed by atoms with Gasteiger partial charge in [0.25, 0.3) is 0 Å². The highest BCUT2D eigenvalue weighted by Crippen LogP contribution is 2.21. The molecule has 0 aliphatic heterocycles. The Bertz CT molecular complexity index is 707. The number of carbonyl (C=O) groups excluding carboxylic acids is 1. The molecule has 0 fully saturated rings. The predicted octanol–water partition coefficient (Wildman–Crippen LogP) is 3.92. The second-order valence-corrected chi connectivity index (χ2v) is 5.95. The molecule has 25 heavy (non-hydrogen) atoms. The van der Waals surface area contributed by atoms with Gasteiger partial charge in [-0.3, -0.25) is 4.79 Å². The molecule has 1 aromatic heterocycles. The summed E-state index contributed by atoms with van der Waals surface area (Å²) in [5.41, 5.74) is 1.84. The van der Waals surface area contributed by atoms with E-state index in [1.54, 1.807) is 6.20 Å². The fourth-order valence-corrected chi connectivity index (χ4v) is 2.35. The van der Waals surface area contributed by atoms with Crippen LogP contribution in [-0.4, -0.2) is 24.1 Å². The molecule has 0 atom stereocenters. The number of hydrogen-bond acceptors (Lipinski definition) is 4. The number of nitrogens with zero attached hydrogens (tertiary/aromatic N) is 1. The Balaban J connectivity index is 1.70. The normalized spacial score (nSPS) is 10.4. The molecule has 0 unspecified atom stereocenters. The summed E-state index contributed by atoms with van der Waals surface area (Å²) in [6, 6.07) is 9.24. The molecule has 6 heteroatoms. The third-order valence-electron chi connectivity index (χ3n) is 3.55. The molecular formula is C19H23ClN2O3. The van der Waals surface area contributed by atoms with E-state index in [0.29, 0.717) is 43.5 Å². The topological polar surface area (TPSA) is 60.5 Å². The third kappa shape index (κ3) is 6.27. The van der Waals surface area contributed by atoms with E-state index in [9.17, 15) is 4.79 Å². The van der Waals surface area contributed by atoms with Gasteiger partial charge in [0.15, 0.2) is 0 Å². The van der Waals surface area contributed by atoms with Crippen molar-refractivity contribution >= 4 is 17.5 Å². The maximum Gasteiger partial charge on any atom is 0.220 e. The fourth-order valence-electron chi connectivity index (χ4n) is 2.24. The van der Waals surface area contributed by atoms with Crippen molar-refractivity contribution in [2.45, 2.75) is 33.2 Å². The summed E-state index contributed by atoms with van der Waals surface area (Å²) < 4.78 is 11.1. The van der Waals surface area contributed by atoms with Crippen LogP contribution in [0.3, 0.4) is 0 Å². The van der Waals surface area contributed by atoms with Crippen molar-refractivity contribution in [3.05, 3.63) is 52.7 Å². The highest BCUT2D eigenvalue weighted by Gasteiger charge is 2.07. The largest absolute Gasteiger partial charge is 0.494 e. The molecule has 0 radical (unpaired) electrons. The summed E-state index contributed by atoms with van der Waals surface area (Å²) in [6.45, 7) is 5.25. The highest BCUT2D eigenvalue weighted by molar-refractivity contribution is 6.31. The number of aryl methyl sites for hydroxylation is 1. The van der Waals surface area contributed by atoms with Crippen LogP contribution in [0.25, 0.3) is 0 Å². The van der Waals surface area contributed by atoms with E-state index in [1.165, 1.54) is 0 Å². The molecule has 2 rings (SSSR count). The molecular weight excluding hydrogens is 340 g/mol. The lowest BCUT2D eigenvalue weighted by Gasteiger charge is -2.10. The first-order valence-electron chi connectivity index (χ1n) is 8.32. The van der Waals surface area contributed by atoms with E-state index < -0.39 is 0 Å². The summed E-state index contributed by atoms with van der Waals surface area (Å²) in [4.78, 5) is 16.1. The molecule has 0 aliphatic rings. The Kier molecular flexibility index (Phi) is 7.54. The van der Waals surface area contributed by atoms with E-state index >= 15 is 0 Å². The Labute approximate surface area is 153 Å². The number of carbonyl (C=O) groups is 1. The first-order valence-corrected chi connectivity index (χ1v) is 8.70. The van der Waals surface area contributed by atoms with Gasteiger partial charge < -0.3 is 14.8 Å². The molecule has 1 amide bonds. The van der Waals surface area contributed by atoms with E-state index in [2.05, 4.69) is 10.3 Å². The number of aromatic nitrogens is 1. The minimum atomic E-state index is -0.0258. The number of rotatable bonds is 9. The standard InChI is InChI=1S/C19H23ClN2O3/c1-3-24-19-15(6-4-10-21-19)13-22-18(23)7-5-11-25-16-8-9-17(20)14(2)12-16/h4,6,8-10,12H,3,5,7,11,13H2,1-2H3,(H,22,23). The fraction of sp³-hybridized carbons (Fsp3) is 0.368. The smallest absolute Gasteiger partial charge is 0.220 e. The van der Waals surface area contributed by atoms with Crippen molar-refractivity contribution in [3.8, 4) is 11.6 Å². The molecule has 134 valence electrons. The monoisotopic (exact) mass is 362 g/mol. The van der Waals surface area contributed by atoms with E-state index in [1.807, 2.05) is 44.2 Å². The molecule has 0 bridgehead atoms. The van der Waals surface area contributed by atoms with Crippen LogP contribution >= 0.6 is 11.6 Å². The molecule has 2 aromatic rings. The molecule has 0 aliphatic carbocycles. The molecule has 0 saturated carbocycles. The van der Waals surface area contributed by atoms with Gasteiger partial charge in [0.05, 0.1) is 13.2 Å². The van der Waals surface area contributed by atoms with E-state index in [-0.39, 0.29) is 5.91 Å². The highest BCUT2D eigenvalue weighted by atomic mass is 35.5. The van der Waals surface area contributed by atoms with Gasteiger partial charge >= 0.3 is 0 Å². The number of benzene rings is 1. The summed E-state index contributed by atoms with van der Waals surface area (Å²) in [7, 11) is 0. The molecule has 1 aromatic carbocycles. The van der Waals surface area contributed by atoms with Gasteiger partial charge in [0, 0.05) is 29.7 Å². The molecule has 0 saturated heterocycles. The number of amides is 1. The Hall–Kier alpha value is -2.27. The van der Waals surface area contributed by atoms with Gasteiger partial charge in [-0.2, -0.15) is 0 Å². The summed E-state index contributed by atoms with van der Waals surface area (Å²) in [6.07, 6.45) is 2.71. The zero-order valence-electron chi connectivity index (χ0n) is 14.5. The quantitative estimate of drug-likeness (QED) is 0.687. The van der Waals surface area contributed by atoms with Crippen LogP contribution in [0.4, 0.5) is 0 Å². The molecule has 1 N–H and O–H groups in total. The minimum Gasteiger partial charge on any atom is -0.494 e. The van der Waals surface area contributed by atoms with Crippen LogP contribution < -0.4 is 14.8 Å². The van der Waals surface area contributed by atoms with E-state index in [0.717, 1.165) is 16.9 Å². The lowest BCUT2D eigenvalue weighted by Crippen LogP contribution is -2.23. The van der Waals surface area contributed by atoms with Gasteiger partial charge in [0.2, 0.25) is 11.8 Å². The average Bonchev–Trinajstić information content (AvgIpc) is 2.61. The third-order valence-corrected chi connectivity index (χ3v) is 3.98. The lowest BCUT2D eigenvalue weighted by molar-refractivity contribution is -0.121. The first-order chi connectivity index (χ1) is 12.1. The Morgan fingerprint density at radius 3 is 2.88 bits per heavy atom. The van der Waals surface area contributed by atoms with Crippen molar-refractivity contribution in [1.82, 2.24) is 10.3 Å². The van der Waals surface area contributed by atoms with Crippen molar-refractivity contribution in [3.63, 3.8) is 0 Å². The van der Waals surface area contributed by atoms with Crippen molar-refractivity contribution in [2.24, 2.45) is 0 Å². The number of ether oxygens (including phenoxy) is 2. The van der Waals surface area contributed by atoms with Crippen LogP contribution in [0, 0.1) is 6.92 Å². The van der Waals surface area contributed by atoms with Crippen molar-refractivity contribution in [1.29, 1.82) is 0 Å². The zero-order valence-corrected chi connectivity index (χ0v) is 15.3. The number of hydrogen-bond donors (Lipinski definition) is 1. The minimum absolute atomic E-state index is 0.0258. The number of nitrogens with one attached hydrogen (secondary N) is 1. The Morgan fingerprint density at radius 2 is 2.12 bits per heavy atom. The van der Waals surface area contributed by atoms with Crippen LogP contribution in [0.2, 0.25) is 5.02 Å². The lowest BCUT2D eigenvalue weighted by atomic mass is 10.2. The Morgan fingerprint density at radius 1 is 1.28 bits per heavy atom. The number of pyridine rings is 1. The maximum absolute atomic E-state index is 12.0. The van der Waals surface area contributed by atoms with Gasteiger partial charge in [-0.15, -0.1) is 0 Å². The van der Waals surface area contributed by atoms with Crippen LogP contribution in [0.15, 0.2) is 36.5 Å². The zero-order chi connectivity index (χ0) is 18.1. The second kappa shape index (κ2) is 9.89. The maximum atomic E-state index is 12.0. The van der Waals surface area contributed by atoms with Crippen LogP contribution in [0.1, 0.15) is 30.9 Å². The summed E-state index contributed by atoms with van der Waals surface area (Å²) in [5.74, 6) is 1.30. The van der Waals surface area contributed by atoms with E-state index in [4.69, 9.17) is 21.1 Å². The first kappa shape index (κ1) is 19.1. The van der Waals surface area contributed by atoms with Gasteiger partial charge in [-0.1, -0.05) is 17.7 Å². The number of halogens is 1. The van der Waals surface area contributed by atoms with Gasteiger partial charge in [-0.25, -0.2) is 4.98 Å². The average molecular weight is 363 g/mol. The summed E-state index contributed by atoms with van der Waals surface area (Å²) in [5, 5.41) is 3.60. The molecule has 1 heterocycles. The molecule has 5 nitrogen and oxygen atoms in total. The summed E-state index contributed by atoms with van der Waals surface area (Å²) >= 11 is 5.98.